The molecule has 0 radical (unpaired) electrons. The van der Waals surface area contributed by atoms with Crippen LogP contribution in [0.15, 0.2) is 0 Å². The summed E-state index contributed by atoms with van der Waals surface area (Å²) in [5, 5.41) is 0. The molecule has 3 heteroatoms. The summed E-state index contributed by atoms with van der Waals surface area (Å²) in [6, 6.07) is 0. The van der Waals surface area contributed by atoms with E-state index in [1.807, 2.05) is 6.92 Å². The van der Waals surface area contributed by atoms with E-state index in [-0.39, 0.29) is 6.42 Å². The van der Waals surface area contributed by atoms with Crippen LogP contribution >= 0.6 is 0 Å². The minimum atomic E-state index is -1.91. The van der Waals surface area contributed by atoms with E-state index in [4.69, 9.17) is 0 Å². The first-order chi connectivity index (χ1) is 5.22. The van der Waals surface area contributed by atoms with E-state index in [0.29, 0.717) is 6.42 Å². The average Bonchev–Trinajstić information content (AvgIpc) is 2.03. The highest BCUT2D eigenvalue weighted by molar-refractivity contribution is 4.66. The highest BCUT2D eigenvalue weighted by atomic mass is 19.2. The third-order valence-corrected chi connectivity index (χ3v) is 1.62. The minimum absolute atomic E-state index is 0.152. The summed E-state index contributed by atoms with van der Waals surface area (Å²) >= 11 is 0. The van der Waals surface area contributed by atoms with Gasteiger partial charge in [0.05, 0.1) is 0 Å². The molecule has 0 aromatic rings. The number of halogens is 3. The largest absolute Gasteiger partial charge is 0.248 e. The van der Waals surface area contributed by atoms with Gasteiger partial charge in [-0.1, -0.05) is 26.2 Å². The standard InChI is InChI=1S/C8H15F3/c1-2-3-4-5-7(10)8(11)6-9/h7-8H,2-6H2,1H3. The fraction of sp³-hybridized carbons (Fsp3) is 1.00. The van der Waals surface area contributed by atoms with Crippen molar-refractivity contribution in [3.05, 3.63) is 0 Å². The Bertz CT molecular complexity index is 85.4. The summed E-state index contributed by atoms with van der Waals surface area (Å²) in [6.45, 7) is 0.780. The Balaban J connectivity index is 3.28. The molecule has 0 saturated carbocycles. The van der Waals surface area contributed by atoms with E-state index >= 15 is 0 Å². The van der Waals surface area contributed by atoms with Gasteiger partial charge in [-0.3, -0.25) is 0 Å². The molecule has 0 nitrogen and oxygen atoms in total. The normalized spacial score (nSPS) is 16.4. The molecular formula is C8H15F3. The van der Waals surface area contributed by atoms with Gasteiger partial charge in [0.25, 0.3) is 0 Å². The molecule has 0 aromatic heterocycles. The summed E-state index contributed by atoms with van der Waals surface area (Å²) in [5.41, 5.74) is 0. The molecule has 0 saturated heterocycles. The SMILES string of the molecule is CCCCCC(F)C(F)CF. The minimum Gasteiger partial charge on any atom is -0.248 e. The first-order valence-corrected chi connectivity index (χ1v) is 4.06. The Kier molecular flexibility index (Phi) is 6.37. The van der Waals surface area contributed by atoms with Crippen LogP contribution in [-0.2, 0) is 0 Å². The molecular weight excluding hydrogens is 153 g/mol. The van der Waals surface area contributed by atoms with Gasteiger partial charge >= 0.3 is 0 Å². The van der Waals surface area contributed by atoms with E-state index in [0.717, 1.165) is 12.8 Å². The molecule has 0 rings (SSSR count). The Morgan fingerprint density at radius 2 is 1.73 bits per heavy atom. The zero-order chi connectivity index (χ0) is 8.69. The Labute approximate surface area is 65.8 Å². The average molecular weight is 168 g/mol. The van der Waals surface area contributed by atoms with Gasteiger partial charge in [-0.25, -0.2) is 13.2 Å². The zero-order valence-electron chi connectivity index (χ0n) is 6.82. The number of unbranched alkanes of at least 4 members (excludes halogenated alkanes) is 2. The second kappa shape index (κ2) is 6.50. The second-order valence-electron chi connectivity index (χ2n) is 2.68. The van der Waals surface area contributed by atoms with E-state index < -0.39 is 19.0 Å². The molecule has 68 valence electrons. The van der Waals surface area contributed by atoms with Crippen LogP contribution in [0.2, 0.25) is 0 Å². The van der Waals surface area contributed by atoms with Gasteiger partial charge in [-0.05, 0) is 6.42 Å². The maximum atomic E-state index is 12.5. The van der Waals surface area contributed by atoms with Gasteiger partial charge in [0.1, 0.15) is 12.8 Å². The van der Waals surface area contributed by atoms with Crippen molar-refractivity contribution in [3.63, 3.8) is 0 Å². The van der Waals surface area contributed by atoms with Gasteiger partial charge < -0.3 is 0 Å². The first-order valence-electron chi connectivity index (χ1n) is 4.06. The van der Waals surface area contributed by atoms with Crippen LogP contribution in [0.25, 0.3) is 0 Å². The lowest BCUT2D eigenvalue weighted by molar-refractivity contribution is 0.128. The number of rotatable bonds is 6. The van der Waals surface area contributed by atoms with Crippen LogP contribution in [0, 0.1) is 0 Å². The quantitative estimate of drug-likeness (QED) is 0.534. The molecule has 0 spiro atoms. The Hall–Kier alpha value is -0.210. The molecule has 2 unspecified atom stereocenters. The van der Waals surface area contributed by atoms with Crippen LogP contribution in [0.3, 0.4) is 0 Å². The maximum Gasteiger partial charge on any atom is 0.159 e. The first kappa shape index (κ1) is 10.8. The van der Waals surface area contributed by atoms with Crippen molar-refractivity contribution < 1.29 is 13.2 Å². The van der Waals surface area contributed by atoms with Gasteiger partial charge in [0.2, 0.25) is 0 Å². The molecule has 0 aliphatic rings. The second-order valence-corrected chi connectivity index (χ2v) is 2.68. The van der Waals surface area contributed by atoms with Crippen molar-refractivity contribution in [2.75, 3.05) is 6.67 Å². The fourth-order valence-electron chi connectivity index (χ4n) is 0.867. The summed E-state index contributed by atoms with van der Waals surface area (Å²) in [4.78, 5) is 0. The summed E-state index contributed by atoms with van der Waals surface area (Å²) in [5.74, 6) is 0. The van der Waals surface area contributed by atoms with E-state index in [1.165, 1.54) is 0 Å². The molecule has 0 aliphatic carbocycles. The lowest BCUT2D eigenvalue weighted by Crippen LogP contribution is -2.18. The summed E-state index contributed by atoms with van der Waals surface area (Å²) in [6.07, 6.45) is -0.853. The monoisotopic (exact) mass is 168 g/mol. The van der Waals surface area contributed by atoms with Gasteiger partial charge in [-0.2, -0.15) is 0 Å². The van der Waals surface area contributed by atoms with Gasteiger partial charge in [-0.15, -0.1) is 0 Å². The number of alkyl halides is 3. The Morgan fingerprint density at radius 3 is 2.18 bits per heavy atom. The number of hydrogen-bond donors (Lipinski definition) is 0. The van der Waals surface area contributed by atoms with Crippen molar-refractivity contribution in [3.8, 4) is 0 Å². The van der Waals surface area contributed by atoms with E-state index in [2.05, 4.69) is 0 Å². The van der Waals surface area contributed by atoms with Gasteiger partial charge in [0, 0.05) is 0 Å². The zero-order valence-corrected chi connectivity index (χ0v) is 6.82. The van der Waals surface area contributed by atoms with Crippen LogP contribution in [0.5, 0.6) is 0 Å². The van der Waals surface area contributed by atoms with Crippen molar-refractivity contribution in [1.82, 2.24) is 0 Å². The van der Waals surface area contributed by atoms with E-state index in [1.54, 1.807) is 0 Å². The van der Waals surface area contributed by atoms with Crippen LogP contribution in [0.1, 0.15) is 32.6 Å². The Morgan fingerprint density at radius 1 is 1.09 bits per heavy atom. The maximum absolute atomic E-state index is 12.5. The molecule has 0 aromatic carbocycles. The lowest BCUT2D eigenvalue weighted by atomic mass is 10.1. The topological polar surface area (TPSA) is 0 Å². The molecule has 2 atom stereocenters. The molecule has 0 fully saturated rings. The fourth-order valence-corrected chi connectivity index (χ4v) is 0.867. The molecule has 0 N–H and O–H groups in total. The van der Waals surface area contributed by atoms with Crippen molar-refractivity contribution in [2.45, 2.75) is 45.0 Å². The van der Waals surface area contributed by atoms with Crippen molar-refractivity contribution >= 4 is 0 Å². The molecule has 11 heavy (non-hydrogen) atoms. The summed E-state index contributed by atoms with van der Waals surface area (Å²) in [7, 11) is 0. The van der Waals surface area contributed by atoms with Crippen LogP contribution in [-0.4, -0.2) is 19.0 Å². The van der Waals surface area contributed by atoms with E-state index in [9.17, 15) is 13.2 Å². The third-order valence-electron chi connectivity index (χ3n) is 1.62. The van der Waals surface area contributed by atoms with Crippen molar-refractivity contribution in [2.24, 2.45) is 0 Å². The smallest absolute Gasteiger partial charge is 0.159 e. The van der Waals surface area contributed by atoms with Gasteiger partial charge in [0.15, 0.2) is 6.17 Å². The molecule has 0 heterocycles. The predicted octanol–water partition coefficient (Wildman–Crippen LogP) is 3.21. The number of hydrogen-bond acceptors (Lipinski definition) is 0. The third kappa shape index (κ3) is 5.10. The molecule has 0 bridgehead atoms. The molecule has 0 amide bonds. The van der Waals surface area contributed by atoms with Crippen LogP contribution < -0.4 is 0 Å². The predicted molar refractivity (Wildman–Crippen MR) is 39.9 cm³/mol. The van der Waals surface area contributed by atoms with Crippen LogP contribution in [0.4, 0.5) is 13.2 Å². The highest BCUT2D eigenvalue weighted by Crippen LogP contribution is 2.13. The molecule has 0 aliphatic heterocycles. The lowest BCUT2D eigenvalue weighted by Gasteiger charge is -2.08. The summed E-state index contributed by atoms with van der Waals surface area (Å²) < 4.78 is 36.2. The van der Waals surface area contributed by atoms with Crippen molar-refractivity contribution in [1.29, 1.82) is 0 Å². The highest BCUT2D eigenvalue weighted by Gasteiger charge is 2.18.